The summed E-state index contributed by atoms with van der Waals surface area (Å²) in [6.45, 7) is 4.19. The zero-order valence-corrected chi connectivity index (χ0v) is 11.7. The van der Waals surface area contributed by atoms with Crippen molar-refractivity contribution in [1.82, 2.24) is 4.90 Å². The van der Waals surface area contributed by atoms with Crippen molar-refractivity contribution in [3.05, 3.63) is 29.8 Å². The number of hydrogen-bond donors (Lipinski definition) is 1. The Morgan fingerprint density at radius 1 is 1.35 bits per heavy atom. The van der Waals surface area contributed by atoms with Crippen molar-refractivity contribution in [1.29, 1.82) is 0 Å². The molecule has 0 spiro atoms. The van der Waals surface area contributed by atoms with Gasteiger partial charge in [-0.3, -0.25) is 9.69 Å². The molecule has 1 N–H and O–H groups in total. The zero-order valence-electron chi connectivity index (χ0n) is 11.7. The quantitative estimate of drug-likeness (QED) is 0.833. The van der Waals surface area contributed by atoms with E-state index >= 15 is 0 Å². The smallest absolute Gasteiger partial charge is 0.238 e. The maximum atomic E-state index is 13.1. The molecular weight excluding hydrogens is 262 g/mol. The van der Waals surface area contributed by atoms with Gasteiger partial charge >= 0.3 is 0 Å². The molecule has 0 aliphatic heterocycles. The predicted molar refractivity (Wildman–Crippen MR) is 74.4 cm³/mol. The zero-order chi connectivity index (χ0) is 14.5. The van der Waals surface area contributed by atoms with E-state index in [9.17, 15) is 13.6 Å². The Balaban J connectivity index is 1.87. The van der Waals surface area contributed by atoms with Gasteiger partial charge in [-0.2, -0.15) is 0 Å². The summed E-state index contributed by atoms with van der Waals surface area (Å²) in [5, 5.41) is 2.61. The van der Waals surface area contributed by atoms with Gasteiger partial charge in [-0.1, -0.05) is 6.92 Å². The first-order valence-electron chi connectivity index (χ1n) is 7.05. The van der Waals surface area contributed by atoms with Gasteiger partial charge in [0.2, 0.25) is 5.91 Å². The summed E-state index contributed by atoms with van der Waals surface area (Å²) >= 11 is 0. The first kappa shape index (κ1) is 14.9. The van der Waals surface area contributed by atoms with Crippen molar-refractivity contribution in [3.8, 4) is 0 Å². The van der Waals surface area contributed by atoms with Gasteiger partial charge in [0, 0.05) is 18.3 Å². The number of nitrogens with zero attached hydrogens (tertiary/aromatic N) is 1. The molecule has 0 bridgehead atoms. The Bertz CT molecular complexity index is 475. The lowest BCUT2D eigenvalue weighted by Gasteiger charge is -2.20. The number of carbonyl (C=O) groups excluding carboxylic acids is 1. The Kier molecular flexibility index (Phi) is 5.06. The van der Waals surface area contributed by atoms with Gasteiger partial charge in [0.25, 0.3) is 0 Å². The van der Waals surface area contributed by atoms with Crippen molar-refractivity contribution in [2.45, 2.75) is 26.2 Å². The summed E-state index contributed by atoms with van der Waals surface area (Å²) in [4.78, 5) is 14.0. The number of halogens is 2. The Labute approximate surface area is 118 Å². The van der Waals surface area contributed by atoms with E-state index in [-0.39, 0.29) is 11.6 Å². The van der Waals surface area contributed by atoms with Crippen molar-refractivity contribution in [2.75, 3.05) is 25.0 Å². The fourth-order valence-corrected chi connectivity index (χ4v) is 2.19. The second-order valence-electron chi connectivity index (χ2n) is 5.36. The molecule has 0 radical (unpaired) electrons. The molecule has 0 aromatic heterocycles. The highest BCUT2D eigenvalue weighted by Crippen LogP contribution is 2.29. The maximum absolute atomic E-state index is 13.1. The van der Waals surface area contributed by atoms with Crippen LogP contribution in [-0.4, -0.2) is 30.4 Å². The maximum Gasteiger partial charge on any atom is 0.238 e. The van der Waals surface area contributed by atoms with Crippen molar-refractivity contribution < 1.29 is 13.6 Å². The molecule has 1 aromatic rings. The summed E-state index contributed by atoms with van der Waals surface area (Å²) in [6.07, 6.45) is 3.47. The molecule has 5 heteroatoms. The van der Waals surface area contributed by atoms with Crippen molar-refractivity contribution in [3.63, 3.8) is 0 Å². The first-order valence-corrected chi connectivity index (χ1v) is 7.05. The van der Waals surface area contributed by atoms with Gasteiger partial charge in [-0.05, 0) is 43.9 Å². The largest absolute Gasteiger partial charge is 0.325 e. The van der Waals surface area contributed by atoms with Gasteiger partial charge in [0.1, 0.15) is 0 Å². The van der Waals surface area contributed by atoms with Crippen LogP contribution in [0.25, 0.3) is 0 Å². The van der Waals surface area contributed by atoms with E-state index < -0.39 is 11.6 Å². The lowest BCUT2D eigenvalue weighted by atomic mass is 10.3. The molecule has 1 amide bonds. The molecule has 20 heavy (non-hydrogen) atoms. The molecule has 1 aliphatic rings. The lowest BCUT2D eigenvalue weighted by molar-refractivity contribution is -0.117. The van der Waals surface area contributed by atoms with Crippen LogP contribution in [0.15, 0.2) is 18.2 Å². The molecule has 3 nitrogen and oxygen atoms in total. The molecule has 0 atom stereocenters. The number of carbonyl (C=O) groups is 1. The molecule has 1 fully saturated rings. The summed E-state index contributed by atoms with van der Waals surface area (Å²) in [7, 11) is 0. The predicted octanol–water partition coefficient (Wildman–Crippen LogP) is 3.03. The number of amides is 1. The van der Waals surface area contributed by atoms with E-state index in [0.29, 0.717) is 6.54 Å². The number of benzene rings is 1. The monoisotopic (exact) mass is 282 g/mol. The Hall–Kier alpha value is -1.49. The summed E-state index contributed by atoms with van der Waals surface area (Å²) in [6, 6.07) is 3.37. The molecule has 1 aromatic carbocycles. The Morgan fingerprint density at radius 2 is 2.10 bits per heavy atom. The highest BCUT2D eigenvalue weighted by Gasteiger charge is 2.24. The third-order valence-corrected chi connectivity index (χ3v) is 3.32. The fourth-order valence-electron chi connectivity index (χ4n) is 2.19. The molecule has 0 unspecified atom stereocenters. The molecule has 1 aliphatic carbocycles. The van der Waals surface area contributed by atoms with Crippen LogP contribution in [-0.2, 0) is 4.79 Å². The van der Waals surface area contributed by atoms with E-state index in [4.69, 9.17) is 0 Å². The number of nitrogens with one attached hydrogen (secondary N) is 1. The highest BCUT2D eigenvalue weighted by molar-refractivity contribution is 5.92. The normalized spacial score (nSPS) is 14.6. The second kappa shape index (κ2) is 6.79. The highest BCUT2D eigenvalue weighted by atomic mass is 19.2. The molecule has 1 saturated carbocycles. The standard InChI is InChI=1S/C15H20F2N2O/c1-2-7-19(9-11-3-4-11)10-15(20)18-12-5-6-13(16)14(17)8-12/h5-6,8,11H,2-4,7,9-10H2,1H3,(H,18,20). The van der Waals surface area contributed by atoms with Crippen LogP contribution in [0.5, 0.6) is 0 Å². The van der Waals surface area contributed by atoms with E-state index in [0.717, 1.165) is 37.6 Å². The summed E-state index contributed by atoms with van der Waals surface area (Å²) in [5.41, 5.74) is 0.289. The van der Waals surface area contributed by atoms with Crippen molar-refractivity contribution >= 4 is 11.6 Å². The lowest BCUT2D eigenvalue weighted by Crippen LogP contribution is -2.35. The van der Waals surface area contributed by atoms with Crippen LogP contribution in [0, 0.1) is 17.6 Å². The molecule has 0 heterocycles. The van der Waals surface area contributed by atoms with Crippen LogP contribution in [0.3, 0.4) is 0 Å². The molecule has 2 rings (SSSR count). The molecule has 110 valence electrons. The minimum absolute atomic E-state index is 0.190. The van der Waals surface area contributed by atoms with Crippen LogP contribution in [0.2, 0.25) is 0 Å². The van der Waals surface area contributed by atoms with Crippen molar-refractivity contribution in [2.24, 2.45) is 5.92 Å². The summed E-state index contributed by atoms with van der Waals surface area (Å²) in [5.74, 6) is -1.33. The average molecular weight is 282 g/mol. The summed E-state index contributed by atoms with van der Waals surface area (Å²) < 4.78 is 25.9. The minimum atomic E-state index is -0.953. The molecule has 0 saturated heterocycles. The van der Waals surface area contributed by atoms with Gasteiger partial charge < -0.3 is 5.32 Å². The van der Waals surface area contributed by atoms with E-state index in [1.165, 1.54) is 18.9 Å². The average Bonchev–Trinajstić information content (AvgIpc) is 3.18. The molecular formula is C15H20F2N2O. The van der Waals surface area contributed by atoms with Crippen LogP contribution in [0.4, 0.5) is 14.5 Å². The third-order valence-electron chi connectivity index (χ3n) is 3.32. The van der Waals surface area contributed by atoms with E-state index in [1.807, 2.05) is 0 Å². The van der Waals surface area contributed by atoms with Crippen LogP contribution >= 0.6 is 0 Å². The minimum Gasteiger partial charge on any atom is -0.325 e. The second-order valence-corrected chi connectivity index (χ2v) is 5.36. The fraction of sp³-hybridized carbons (Fsp3) is 0.533. The van der Waals surface area contributed by atoms with E-state index in [2.05, 4.69) is 17.1 Å². The van der Waals surface area contributed by atoms with Crippen LogP contribution < -0.4 is 5.32 Å². The van der Waals surface area contributed by atoms with Crippen LogP contribution in [0.1, 0.15) is 26.2 Å². The SMILES string of the molecule is CCCN(CC(=O)Nc1ccc(F)c(F)c1)CC1CC1. The van der Waals surface area contributed by atoms with E-state index in [1.54, 1.807) is 0 Å². The number of anilines is 1. The third kappa shape index (κ3) is 4.56. The van der Waals surface area contributed by atoms with Gasteiger partial charge in [-0.15, -0.1) is 0 Å². The van der Waals surface area contributed by atoms with Gasteiger partial charge in [-0.25, -0.2) is 8.78 Å². The Morgan fingerprint density at radius 3 is 2.70 bits per heavy atom. The van der Waals surface area contributed by atoms with Gasteiger partial charge in [0.15, 0.2) is 11.6 Å². The first-order chi connectivity index (χ1) is 9.58. The van der Waals surface area contributed by atoms with Gasteiger partial charge in [0.05, 0.1) is 6.54 Å². The number of rotatable bonds is 7. The number of hydrogen-bond acceptors (Lipinski definition) is 2. The topological polar surface area (TPSA) is 32.3 Å².